The van der Waals surface area contributed by atoms with Gasteiger partial charge in [-0.25, -0.2) is 0 Å². The highest BCUT2D eigenvalue weighted by Crippen LogP contribution is 2.21. The number of rotatable bonds is 6. The highest BCUT2D eigenvalue weighted by atomic mass is 35.5. The number of carbonyl (C=O) groups is 1. The van der Waals surface area contributed by atoms with E-state index in [1.54, 1.807) is 0 Å². The predicted molar refractivity (Wildman–Crippen MR) is 82.3 cm³/mol. The number of hydrogen-bond acceptors (Lipinski definition) is 3. The lowest BCUT2D eigenvalue weighted by molar-refractivity contribution is -0.122. The quantitative estimate of drug-likeness (QED) is 0.788. The molecule has 4 nitrogen and oxygen atoms in total. The van der Waals surface area contributed by atoms with E-state index in [1.165, 1.54) is 11.1 Å². The molecule has 0 radical (unpaired) electrons. The Morgan fingerprint density at radius 1 is 1.45 bits per heavy atom. The molecule has 1 aromatic carbocycles. The Morgan fingerprint density at radius 2 is 2.25 bits per heavy atom. The zero-order valence-electron chi connectivity index (χ0n) is 11.9. The van der Waals surface area contributed by atoms with Gasteiger partial charge in [-0.2, -0.15) is 0 Å². The van der Waals surface area contributed by atoms with Crippen LogP contribution in [0.2, 0.25) is 0 Å². The first-order valence-electron chi connectivity index (χ1n) is 6.97. The molecular formula is C15H23ClN2O2. The van der Waals surface area contributed by atoms with Crippen LogP contribution < -0.4 is 10.6 Å². The lowest BCUT2D eigenvalue weighted by Gasteiger charge is -2.27. The Balaban J connectivity index is 0.00000200. The molecule has 0 aromatic heterocycles. The van der Waals surface area contributed by atoms with Crippen LogP contribution in [0.5, 0.6) is 0 Å². The summed E-state index contributed by atoms with van der Waals surface area (Å²) in [6, 6.07) is 8.65. The molecule has 5 heteroatoms. The average molecular weight is 299 g/mol. The van der Waals surface area contributed by atoms with E-state index in [0.29, 0.717) is 26.2 Å². The van der Waals surface area contributed by atoms with Crippen LogP contribution in [0.15, 0.2) is 24.3 Å². The van der Waals surface area contributed by atoms with Gasteiger partial charge in [0.1, 0.15) is 0 Å². The SMILES string of the molecule is CCOCCC(=O)NCC1NCCc2ccccc21.Cl. The Hall–Kier alpha value is -1.10. The number of fused-ring (bicyclic) bond motifs is 1. The van der Waals surface area contributed by atoms with Crippen LogP contribution in [0.1, 0.15) is 30.5 Å². The largest absolute Gasteiger partial charge is 0.381 e. The van der Waals surface area contributed by atoms with E-state index in [-0.39, 0.29) is 24.4 Å². The van der Waals surface area contributed by atoms with Crippen molar-refractivity contribution in [2.24, 2.45) is 0 Å². The third kappa shape index (κ3) is 4.78. The summed E-state index contributed by atoms with van der Waals surface area (Å²) in [5.74, 6) is 0.0540. The highest BCUT2D eigenvalue weighted by Gasteiger charge is 2.19. The second-order valence-corrected chi connectivity index (χ2v) is 4.71. The minimum atomic E-state index is 0. The zero-order chi connectivity index (χ0) is 13.5. The first kappa shape index (κ1) is 17.0. The Kier molecular flexibility index (Phi) is 7.59. The van der Waals surface area contributed by atoms with Crippen molar-refractivity contribution in [3.05, 3.63) is 35.4 Å². The topological polar surface area (TPSA) is 50.4 Å². The fourth-order valence-electron chi connectivity index (χ4n) is 2.39. The van der Waals surface area contributed by atoms with Gasteiger partial charge in [0.25, 0.3) is 0 Å². The van der Waals surface area contributed by atoms with Gasteiger partial charge in [-0.05, 0) is 31.0 Å². The number of nitrogens with one attached hydrogen (secondary N) is 2. The summed E-state index contributed by atoms with van der Waals surface area (Å²) in [7, 11) is 0. The molecule has 0 aliphatic carbocycles. The monoisotopic (exact) mass is 298 g/mol. The second kappa shape index (κ2) is 8.95. The van der Waals surface area contributed by atoms with Gasteiger partial charge >= 0.3 is 0 Å². The number of benzene rings is 1. The van der Waals surface area contributed by atoms with Gasteiger partial charge in [-0.15, -0.1) is 12.4 Å². The summed E-state index contributed by atoms with van der Waals surface area (Å²) < 4.78 is 5.18. The normalized spacial score (nSPS) is 16.9. The molecule has 2 rings (SSSR count). The summed E-state index contributed by atoms with van der Waals surface area (Å²) in [5.41, 5.74) is 2.69. The number of carbonyl (C=O) groups excluding carboxylic acids is 1. The fraction of sp³-hybridized carbons (Fsp3) is 0.533. The minimum Gasteiger partial charge on any atom is -0.381 e. The van der Waals surface area contributed by atoms with Crippen molar-refractivity contribution in [2.75, 3.05) is 26.3 Å². The van der Waals surface area contributed by atoms with E-state index >= 15 is 0 Å². The first-order chi connectivity index (χ1) is 9.31. The number of hydrogen-bond donors (Lipinski definition) is 2. The summed E-state index contributed by atoms with van der Waals surface area (Å²) in [4.78, 5) is 11.7. The van der Waals surface area contributed by atoms with E-state index in [1.807, 2.05) is 6.92 Å². The first-order valence-corrected chi connectivity index (χ1v) is 6.97. The van der Waals surface area contributed by atoms with Crippen LogP contribution in [0.3, 0.4) is 0 Å². The molecule has 0 saturated heterocycles. The van der Waals surface area contributed by atoms with E-state index in [4.69, 9.17) is 4.74 Å². The van der Waals surface area contributed by atoms with Crippen molar-refractivity contribution in [3.63, 3.8) is 0 Å². The second-order valence-electron chi connectivity index (χ2n) is 4.71. The Morgan fingerprint density at radius 3 is 3.05 bits per heavy atom. The third-order valence-electron chi connectivity index (χ3n) is 3.40. The van der Waals surface area contributed by atoms with Crippen molar-refractivity contribution in [3.8, 4) is 0 Å². The summed E-state index contributed by atoms with van der Waals surface area (Å²) in [6.45, 7) is 4.70. The molecule has 20 heavy (non-hydrogen) atoms. The molecule has 1 heterocycles. The Bertz CT molecular complexity index is 426. The molecule has 1 aliphatic rings. The average Bonchev–Trinajstić information content (AvgIpc) is 2.45. The predicted octanol–water partition coefficient (Wildman–Crippen LogP) is 1.84. The van der Waals surface area contributed by atoms with Crippen molar-refractivity contribution in [1.29, 1.82) is 0 Å². The maximum Gasteiger partial charge on any atom is 0.222 e. The molecule has 1 amide bonds. The van der Waals surface area contributed by atoms with E-state index in [9.17, 15) is 4.79 Å². The van der Waals surface area contributed by atoms with Gasteiger partial charge in [0.15, 0.2) is 0 Å². The molecule has 0 bridgehead atoms. The number of ether oxygens (including phenoxy) is 1. The van der Waals surface area contributed by atoms with Crippen molar-refractivity contribution in [1.82, 2.24) is 10.6 Å². The summed E-state index contributed by atoms with van der Waals surface area (Å²) >= 11 is 0. The smallest absolute Gasteiger partial charge is 0.222 e. The third-order valence-corrected chi connectivity index (χ3v) is 3.40. The molecule has 0 fully saturated rings. The molecular weight excluding hydrogens is 276 g/mol. The van der Waals surface area contributed by atoms with E-state index in [0.717, 1.165) is 13.0 Å². The molecule has 0 spiro atoms. The van der Waals surface area contributed by atoms with Crippen molar-refractivity contribution < 1.29 is 9.53 Å². The van der Waals surface area contributed by atoms with Gasteiger partial charge in [0.2, 0.25) is 5.91 Å². The number of amides is 1. The zero-order valence-corrected chi connectivity index (χ0v) is 12.7. The summed E-state index contributed by atoms with van der Waals surface area (Å²) in [5, 5.41) is 6.42. The molecule has 1 atom stereocenters. The Labute approximate surface area is 126 Å². The van der Waals surface area contributed by atoms with Gasteiger partial charge in [-0.3, -0.25) is 4.79 Å². The highest BCUT2D eigenvalue weighted by molar-refractivity contribution is 5.85. The fourth-order valence-corrected chi connectivity index (χ4v) is 2.39. The van der Waals surface area contributed by atoms with Gasteiger partial charge in [0, 0.05) is 25.6 Å². The molecule has 1 aliphatic heterocycles. The van der Waals surface area contributed by atoms with Crippen molar-refractivity contribution >= 4 is 18.3 Å². The van der Waals surface area contributed by atoms with Crippen LogP contribution in [0, 0.1) is 0 Å². The van der Waals surface area contributed by atoms with Crippen LogP contribution >= 0.6 is 12.4 Å². The van der Waals surface area contributed by atoms with Crippen LogP contribution in [0.4, 0.5) is 0 Å². The van der Waals surface area contributed by atoms with Crippen LogP contribution in [-0.2, 0) is 16.0 Å². The molecule has 0 saturated carbocycles. The standard InChI is InChI=1S/C15H22N2O2.ClH/c1-2-19-10-8-15(18)17-11-14-13-6-4-3-5-12(13)7-9-16-14;/h3-6,14,16H,2,7-11H2,1H3,(H,17,18);1H. The minimum absolute atomic E-state index is 0. The molecule has 112 valence electrons. The van der Waals surface area contributed by atoms with Gasteiger partial charge in [0.05, 0.1) is 6.61 Å². The van der Waals surface area contributed by atoms with Crippen LogP contribution in [-0.4, -0.2) is 32.2 Å². The number of halogens is 1. The van der Waals surface area contributed by atoms with Gasteiger partial charge < -0.3 is 15.4 Å². The van der Waals surface area contributed by atoms with E-state index in [2.05, 4.69) is 34.9 Å². The van der Waals surface area contributed by atoms with Crippen LogP contribution in [0.25, 0.3) is 0 Å². The molecule has 1 aromatic rings. The lowest BCUT2D eigenvalue weighted by atomic mass is 9.94. The van der Waals surface area contributed by atoms with Gasteiger partial charge in [-0.1, -0.05) is 24.3 Å². The molecule has 1 unspecified atom stereocenters. The maximum absolute atomic E-state index is 11.7. The van der Waals surface area contributed by atoms with Crippen molar-refractivity contribution in [2.45, 2.75) is 25.8 Å². The maximum atomic E-state index is 11.7. The molecule has 2 N–H and O–H groups in total. The summed E-state index contributed by atoms with van der Waals surface area (Å²) in [6.07, 6.45) is 1.49. The van der Waals surface area contributed by atoms with E-state index < -0.39 is 0 Å². The lowest BCUT2D eigenvalue weighted by Crippen LogP contribution is -2.39.